The van der Waals surface area contributed by atoms with Crippen LogP contribution < -0.4 is 5.73 Å². The average molecular weight is 189 g/mol. The molecule has 0 bridgehead atoms. The van der Waals surface area contributed by atoms with Gasteiger partial charge in [0.25, 0.3) is 0 Å². The molecule has 0 heterocycles. The van der Waals surface area contributed by atoms with Gasteiger partial charge in [0.1, 0.15) is 0 Å². The molecule has 14 heavy (non-hydrogen) atoms. The van der Waals surface area contributed by atoms with Crippen LogP contribution in [0.2, 0.25) is 0 Å². The van der Waals surface area contributed by atoms with Gasteiger partial charge in [0, 0.05) is 5.69 Å². The molecule has 0 aromatic heterocycles. The van der Waals surface area contributed by atoms with E-state index in [1.807, 2.05) is 6.07 Å². The number of hydrogen-bond acceptors (Lipinski definition) is 1. The van der Waals surface area contributed by atoms with E-state index >= 15 is 0 Å². The summed E-state index contributed by atoms with van der Waals surface area (Å²) in [4.78, 5) is 0. The number of hydrogen-bond donors (Lipinski definition) is 1. The maximum absolute atomic E-state index is 5.99. The van der Waals surface area contributed by atoms with Crippen LogP contribution in [0.15, 0.2) is 18.2 Å². The molecule has 1 aliphatic rings. The Morgan fingerprint density at radius 3 is 2.79 bits per heavy atom. The molecule has 0 amide bonds. The summed E-state index contributed by atoms with van der Waals surface area (Å²) < 4.78 is 0. The largest absolute Gasteiger partial charge is 0.398 e. The standard InChI is InChI=1S/C13H19N/c1-9-10-5-4-6-12(14)11(10)7-8-13(9,2)3/h4-6,9H,7-8,14H2,1-3H3. The second-order valence-corrected chi connectivity index (χ2v) is 5.13. The lowest BCUT2D eigenvalue weighted by Crippen LogP contribution is -2.26. The van der Waals surface area contributed by atoms with Crippen LogP contribution >= 0.6 is 0 Å². The van der Waals surface area contributed by atoms with Crippen LogP contribution in [0, 0.1) is 5.41 Å². The Bertz CT molecular complexity index is 352. The molecule has 1 nitrogen and oxygen atoms in total. The van der Waals surface area contributed by atoms with Crippen molar-refractivity contribution in [2.24, 2.45) is 5.41 Å². The van der Waals surface area contributed by atoms with Gasteiger partial charge in [-0.1, -0.05) is 32.9 Å². The van der Waals surface area contributed by atoms with E-state index in [4.69, 9.17) is 5.73 Å². The average Bonchev–Trinajstić information content (AvgIpc) is 2.13. The highest BCUT2D eigenvalue weighted by molar-refractivity contribution is 5.53. The molecular formula is C13H19N. The van der Waals surface area contributed by atoms with E-state index < -0.39 is 0 Å². The van der Waals surface area contributed by atoms with E-state index in [1.165, 1.54) is 17.5 Å². The predicted molar refractivity (Wildman–Crippen MR) is 61.4 cm³/mol. The molecule has 0 spiro atoms. The van der Waals surface area contributed by atoms with Gasteiger partial charge in [0.05, 0.1) is 0 Å². The second-order valence-electron chi connectivity index (χ2n) is 5.13. The van der Waals surface area contributed by atoms with Crippen molar-refractivity contribution in [3.63, 3.8) is 0 Å². The fourth-order valence-electron chi connectivity index (χ4n) is 2.40. The highest BCUT2D eigenvalue weighted by Crippen LogP contribution is 2.45. The summed E-state index contributed by atoms with van der Waals surface area (Å²) in [7, 11) is 0. The normalized spacial score (nSPS) is 24.4. The van der Waals surface area contributed by atoms with E-state index in [-0.39, 0.29) is 0 Å². The zero-order chi connectivity index (χ0) is 10.3. The summed E-state index contributed by atoms with van der Waals surface area (Å²) >= 11 is 0. The van der Waals surface area contributed by atoms with Crippen molar-refractivity contribution in [2.45, 2.75) is 39.5 Å². The number of anilines is 1. The van der Waals surface area contributed by atoms with Gasteiger partial charge in [0.15, 0.2) is 0 Å². The Morgan fingerprint density at radius 2 is 2.07 bits per heavy atom. The van der Waals surface area contributed by atoms with Gasteiger partial charge in [0.2, 0.25) is 0 Å². The SMILES string of the molecule is CC1c2cccc(N)c2CCC1(C)C. The molecule has 0 radical (unpaired) electrons. The number of nitrogen functional groups attached to an aromatic ring is 1. The monoisotopic (exact) mass is 189 g/mol. The van der Waals surface area contributed by atoms with Crippen molar-refractivity contribution in [1.29, 1.82) is 0 Å². The van der Waals surface area contributed by atoms with Crippen LogP contribution in [-0.2, 0) is 6.42 Å². The molecule has 1 aliphatic carbocycles. The number of fused-ring (bicyclic) bond motifs is 1. The molecule has 0 fully saturated rings. The van der Waals surface area contributed by atoms with Gasteiger partial charge in [-0.2, -0.15) is 0 Å². The zero-order valence-corrected chi connectivity index (χ0v) is 9.30. The first-order valence-corrected chi connectivity index (χ1v) is 5.39. The maximum Gasteiger partial charge on any atom is 0.0349 e. The molecule has 1 aromatic carbocycles. The van der Waals surface area contributed by atoms with Crippen LogP contribution in [0.25, 0.3) is 0 Å². The Kier molecular flexibility index (Phi) is 2.06. The number of nitrogens with two attached hydrogens (primary N) is 1. The Hall–Kier alpha value is -0.980. The highest BCUT2D eigenvalue weighted by atomic mass is 14.6. The van der Waals surface area contributed by atoms with Crippen molar-refractivity contribution >= 4 is 5.69 Å². The summed E-state index contributed by atoms with van der Waals surface area (Å²) in [5.74, 6) is 0.620. The summed E-state index contributed by atoms with van der Waals surface area (Å²) in [6, 6.07) is 6.33. The summed E-state index contributed by atoms with van der Waals surface area (Å²) in [6.07, 6.45) is 2.38. The zero-order valence-electron chi connectivity index (χ0n) is 9.30. The van der Waals surface area contributed by atoms with Crippen LogP contribution in [0.5, 0.6) is 0 Å². The third-order valence-corrected chi connectivity index (χ3v) is 3.91. The van der Waals surface area contributed by atoms with Crippen LogP contribution in [0.4, 0.5) is 5.69 Å². The van der Waals surface area contributed by atoms with Crippen molar-refractivity contribution in [2.75, 3.05) is 5.73 Å². The van der Waals surface area contributed by atoms with Crippen LogP contribution in [0.1, 0.15) is 44.2 Å². The van der Waals surface area contributed by atoms with Crippen LogP contribution in [-0.4, -0.2) is 0 Å². The third-order valence-electron chi connectivity index (χ3n) is 3.91. The molecule has 2 rings (SSSR count). The smallest absolute Gasteiger partial charge is 0.0349 e. The minimum Gasteiger partial charge on any atom is -0.398 e. The van der Waals surface area contributed by atoms with Crippen LogP contribution in [0.3, 0.4) is 0 Å². The fraction of sp³-hybridized carbons (Fsp3) is 0.538. The molecule has 2 N–H and O–H groups in total. The number of benzene rings is 1. The second kappa shape index (κ2) is 3.01. The van der Waals surface area contributed by atoms with Crippen molar-refractivity contribution in [3.8, 4) is 0 Å². The molecule has 76 valence electrons. The molecule has 1 atom stereocenters. The van der Waals surface area contributed by atoms with E-state index in [1.54, 1.807) is 0 Å². The molecule has 0 aliphatic heterocycles. The lowest BCUT2D eigenvalue weighted by Gasteiger charge is -2.38. The first kappa shape index (κ1) is 9.57. The third kappa shape index (κ3) is 1.31. The molecule has 1 heteroatoms. The fourth-order valence-corrected chi connectivity index (χ4v) is 2.40. The molecule has 1 aromatic rings. The van der Waals surface area contributed by atoms with Gasteiger partial charge < -0.3 is 5.73 Å². The van der Waals surface area contributed by atoms with Gasteiger partial charge in [-0.25, -0.2) is 0 Å². The molecule has 0 saturated carbocycles. The number of rotatable bonds is 0. The van der Waals surface area contributed by atoms with Gasteiger partial charge in [-0.15, -0.1) is 0 Å². The lowest BCUT2D eigenvalue weighted by atomic mass is 9.67. The first-order chi connectivity index (χ1) is 6.52. The predicted octanol–water partition coefficient (Wildman–Crippen LogP) is 3.34. The Labute approximate surface area is 86.3 Å². The topological polar surface area (TPSA) is 26.0 Å². The summed E-state index contributed by atoms with van der Waals surface area (Å²) in [5.41, 5.74) is 10.2. The quantitative estimate of drug-likeness (QED) is 0.622. The molecular weight excluding hydrogens is 170 g/mol. The lowest BCUT2D eigenvalue weighted by molar-refractivity contribution is 0.259. The van der Waals surface area contributed by atoms with E-state index in [9.17, 15) is 0 Å². The maximum atomic E-state index is 5.99. The van der Waals surface area contributed by atoms with E-state index in [2.05, 4.69) is 32.9 Å². The van der Waals surface area contributed by atoms with Gasteiger partial charge >= 0.3 is 0 Å². The Morgan fingerprint density at radius 1 is 1.36 bits per heavy atom. The van der Waals surface area contributed by atoms with Crippen molar-refractivity contribution in [3.05, 3.63) is 29.3 Å². The minimum absolute atomic E-state index is 0.417. The van der Waals surface area contributed by atoms with E-state index in [0.29, 0.717) is 11.3 Å². The Balaban J connectivity index is 2.51. The van der Waals surface area contributed by atoms with Crippen molar-refractivity contribution < 1.29 is 0 Å². The molecule has 0 saturated heterocycles. The van der Waals surface area contributed by atoms with Crippen molar-refractivity contribution in [1.82, 2.24) is 0 Å². The molecule has 1 unspecified atom stereocenters. The van der Waals surface area contributed by atoms with Gasteiger partial charge in [-0.3, -0.25) is 0 Å². The summed E-state index contributed by atoms with van der Waals surface area (Å²) in [5, 5.41) is 0. The summed E-state index contributed by atoms with van der Waals surface area (Å²) in [6.45, 7) is 7.02. The van der Waals surface area contributed by atoms with E-state index in [0.717, 1.165) is 12.1 Å². The minimum atomic E-state index is 0.417. The first-order valence-electron chi connectivity index (χ1n) is 5.39. The van der Waals surface area contributed by atoms with Gasteiger partial charge in [-0.05, 0) is 41.4 Å². The highest BCUT2D eigenvalue weighted by Gasteiger charge is 2.32.